The zero-order valence-electron chi connectivity index (χ0n) is 16.4. The number of guanidine groups is 1. The molecule has 1 aliphatic heterocycles. The molecule has 0 spiro atoms. The molecule has 1 aliphatic rings. The van der Waals surface area contributed by atoms with Gasteiger partial charge in [0, 0.05) is 19.6 Å². The van der Waals surface area contributed by atoms with Crippen molar-refractivity contribution in [2.24, 2.45) is 4.99 Å². The van der Waals surface area contributed by atoms with Crippen LogP contribution in [0.4, 0.5) is 13.2 Å². The van der Waals surface area contributed by atoms with Gasteiger partial charge >= 0.3 is 6.18 Å². The molecule has 1 heterocycles. The van der Waals surface area contributed by atoms with Crippen LogP contribution in [0.25, 0.3) is 0 Å². The number of methoxy groups -OCH3 is 1. The van der Waals surface area contributed by atoms with E-state index in [2.05, 4.69) is 10.3 Å². The summed E-state index contributed by atoms with van der Waals surface area (Å²) in [7, 11) is -1.92. The third-order valence-corrected chi connectivity index (χ3v) is 7.23. The summed E-state index contributed by atoms with van der Waals surface area (Å²) in [6, 6.07) is 3.76. The van der Waals surface area contributed by atoms with Gasteiger partial charge in [0.2, 0.25) is 0 Å². The molecular formula is C18H26F3N3O3S. The van der Waals surface area contributed by atoms with Gasteiger partial charge in [-0.1, -0.05) is 6.07 Å². The molecule has 0 saturated carbocycles. The number of ether oxygens (including phenoxy) is 1. The van der Waals surface area contributed by atoms with Crippen molar-refractivity contribution in [1.29, 1.82) is 0 Å². The molecule has 1 aromatic rings. The second kappa shape index (κ2) is 8.18. The van der Waals surface area contributed by atoms with Crippen molar-refractivity contribution in [3.8, 4) is 5.75 Å². The highest BCUT2D eigenvalue weighted by Gasteiger charge is 2.41. The molecular weight excluding hydrogens is 395 g/mol. The standard InChI is InChI=1S/C18H26F3N3O3S/c1-5-22-16(24-8-9-28(25,26)17(2,3)12-24)23-11-13-6-7-14(27-4)10-15(13)18(19,20)21/h6-7,10H,5,8-9,11-12H2,1-4H3,(H,22,23). The lowest BCUT2D eigenvalue weighted by molar-refractivity contribution is -0.138. The monoisotopic (exact) mass is 421 g/mol. The van der Waals surface area contributed by atoms with Crippen LogP contribution in [0.1, 0.15) is 31.9 Å². The van der Waals surface area contributed by atoms with Crippen LogP contribution in [0.3, 0.4) is 0 Å². The first-order chi connectivity index (χ1) is 12.9. The highest BCUT2D eigenvalue weighted by Crippen LogP contribution is 2.35. The lowest BCUT2D eigenvalue weighted by atomic mass is 10.1. The maximum Gasteiger partial charge on any atom is 0.416 e. The summed E-state index contributed by atoms with van der Waals surface area (Å²) < 4.78 is 68.5. The smallest absolute Gasteiger partial charge is 0.416 e. The predicted octanol–water partition coefficient (Wildman–Crippen LogP) is 2.69. The van der Waals surface area contributed by atoms with Crippen LogP contribution < -0.4 is 10.1 Å². The van der Waals surface area contributed by atoms with Gasteiger partial charge in [-0.3, -0.25) is 0 Å². The molecule has 1 N–H and O–H groups in total. The highest BCUT2D eigenvalue weighted by molar-refractivity contribution is 7.92. The molecule has 28 heavy (non-hydrogen) atoms. The first kappa shape index (κ1) is 22.3. The largest absolute Gasteiger partial charge is 0.497 e. The average Bonchev–Trinajstić information content (AvgIpc) is 2.60. The highest BCUT2D eigenvalue weighted by atomic mass is 32.2. The Hall–Kier alpha value is -1.97. The van der Waals surface area contributed by atoms with E-state index < -0.39 is 26.3 Å². The molecule has 2 rings (SSSR count). The van der Waals surface area contributed by atoms with Crippen molar-refractivity contribution in [2.75, 3.05) is 32.5 Å². The fourth-order valence-electron chi connectivity index (χ4n) is 2.99. The molecule has 0 amide bonds. The normalized spacial score (nSPS) is 19.4. The van der Waals surface area contributed by atoms with Crippen molar-refractivity contribution in [1.82, 2.24) is 10.2 Å². The number of nitrogens with one attached hydrogen (secondary N) is 1. The molecule has 0 aliphatic carbocycles. The molecule has 0 bridgehead atoms. The van der Waals surface area contributed by atoms with Crippen molar-refractivity contribution in [3.05, 3.63) is 29.3 Å². The van der Waals surface area contributed by atoms with Gasteiger partial charge < -0.3 is 15.0 Å². The number of sulfone groups is 1. The molecule has 0 aromatic heterocycles. The summed E-state index contributed by atoms with van der Waals surface area (Å²) >= 11 is 0. The molecule has 1 saturated heterocycles. The summed E-state index contributed by atoms with van der Waals surface area (Å²) in [5.74, 6) is 0.491. The number of benzene rings is 1. The summed E-state index contributed by atoms with van der Waals surface area (Å²) in [6.45, 7) is 5.91. The Kier molecular flexibility index (Phi) is 6.52. The Bertz CT molecular complexity index is 836. The maximum absolute atomic E-state index is 13.4. The van der Waals surface area contributed by atoms with E-state index in [1.54, 1.807) is 18.7 Å². The van der Waals surface area contributed by atoms with E-state index in [1.165, 1.54) is 19.2 Å². The molecule has 1 aromatic carbocycles. The molecule has 6 nitrogen and oxygen atoms in total. The van der Waals surface area contributed by atoms with Crippen LogP contribution in [0.5, 0.6) is 5.75 Å². The fraction of sp³-hybridized carbons (Fsp3) is 0.611. The van der Waals surface area contributed by atoms with Crippen LogP contribution in [0, 0.1) is 0 Å². The number of nitrogens with zero attached hydrogens (tertiary/aromatic N) is 2. The van der Waals surface area contributed by atoms with E-state index in [-0.39, 0.29) is 36.7 Å². The zero-order valence-corrected chi connectivity index (χ0v) is 17.2. The van der Waals surface area contributed by atoms with Gasteiger partial charge in [0.05, 0.1) is 29.7 Å². The number of aliphatic imine (C=N–C) groups is 1. The van der Waals surface area contributed by atoms with Gasteiger partial charge in [-0.25, -0.2) is 13.4 Å². The minimum atomic E-state index is -4.53. The third kappa shape index (κ3) is 4.89. The second-order valence-electron chi connectivity index (χ2n) is 7.19. The molecule has 158 valence electrons. The molecule has 0 radical (unpaired) electrons. The van der Waals surface area contributed by atoms with E-state index in [0.29, 0.717) is 12.5 Å². The Morgan fingerprint density at radius 1 is 1.36 bits per heavy atom. The van der Waals surface area contributed by atoms with Crippen molar-refractivity contribution >= 4 is 15.8 Å². The first-order valence-corrected chi connectivity index (χ1v) is 10.6. The number of rotatable bonds is 4. The first-order valence-electron chi connectivity index (χ1n) is 8.91. The number of hydrogen-bond acceptors (Lipinski definition) is 4. The van der Waals surface area contributed by atoms with E-state index in [4.69, 9.17) is 4.74 Å². The van der Waals surface area contributed by atoms with Gasteiger partial charge in [0.25, 0.3) is 0 Å². The Morgan fingerprint density at radius 3 is 2.57 bits per heavy atom. The predicted molar refractivity (Wildman–Crippen MR) is 102 cm³/mol. The van der Waals surface area contributed by atoms with E-state index in [1.807, 2.05) is 6.92 Å². The SMILES string of the molecule is CCNC(=NCc1ccc(OC)cc1C(F)(F)F)N1CCS(=O)(=O)C(C)(C)C1. The van der Waals surface area contributed by atoms with Crippen LogP contribution in [0.2, 0.25) is 0 Å². The second-order valence-corrected chi connectivity index (χ2v) is 9.93. The van der Waals surface area contributed by atoms with Gasteiger partial charge in [-0.15, -0.1) is 0 Å². The maximum atomic E-state index is 13.4. The van der Waals surface area contributed by atoms with E-state index in [0.717, 1.165) is 6.07 Å². The summed E-state index contributed by atoms with van der Waals surface area (Å²) in [5.41, 5.74) is -0.777. The Labute approximate surface area is 163 Å². The number of halogens is 3. The minimum absolute atomic E-state index is 0.0209. The molecule has 1 fully saturated rings. The van der Waals surface area contributed by atoms with Gasteiger partial charge in [-0.2, -0.15) is 13.2 Å². The van der Waals surface area contributed by atoms with Gasteiger partial charge in [0.1, 0.15) is 5.75 Å². The Balaban J connectivity index is 2.31. The van der Waals surface area contributed by atoms with Crippen LogP contribution in [-0.4, -0.2) is 56.5 Å². The summed E-state index contributed by atoms with van der Waals surface area (Å²) in [5, 5.41) is 3.04. The summed E-state index contributed by atoms with van der Waals surface area (Å²) in [6.07, 6.45) is -4.53. The van der Waals surface area contributed by atoms with E-state index in [9.17, 15) is 21.6 Å². The van der Waals surface area contributed by atoms with E-state index >= 15 is 0 Å². The van der Waals surface area contributed by atoms with Crippen LogP contribution >= 0.6 is 0 Å². The van der Waals surface area contributed by atoms with Crippen molar-refractivity contribution < 1.29 is 26.3 Å². The molecule has 0 atom stereocenters. The van der Waals surface area contributed by atoms with Crippen LogP contribution in [0.15, 0.2) is 23.2 Å². The topological polar surface area (TPSA) is 71.0 Å². The third-order valence-electron chi connectivity index (χ3n) is 4.70. The van der Waals surface area contributed by atoms with Crippen molar-refractivity contribution in [3.63, 3.8) is 0 Å². The lowest BCUT2D eigenvalue weighted by Crippen LogP contribution is -2.57. The zero-order chi connectivity index (χ0) is 21.2. The number of alkyl halides is 3. The average molecular weight is 421 g/mol. The summed E-state index contributed by atoms with van der Waals surface area (Å²) in [4.78, 5) is 6.13. The molecule has 0 unspecified atom stereocenters. The van der Waals surface area contributed by atoms with Gasteiger partial charge in [0.15, 0.2) is 15.8 Å². The fourth-order valence-corrected chi connectivity index (χ4v) is 4.36. The molecule has 10 heteroatoms. The minimum Gasteiger partial charge on any atom is -0.497 e. The quantitative estimate of drug-likeness (QED) is 0.598. The number of hydrogen-bond donors (Lipinski definition) is 1. The van der Waals surface area contributed by atoms with Crippen molar-refractivity contribution in [2.45, 2.75) is 38.2 Å². The van der Waals surface area contributed by atoms with Crippen LogP contribution in [-0.2, 0) is 22.6 Å². The van der Waals surface area contributed by atoms with Gasteiger partial charge in [-0.05, 0) is 38.5 Å². The lowest BCUT2D eigenvalue weighted by Gasteiger charge is -2.39. The Morgan fingerprint density at radius 2 is 2.04 bits per heavy atom.